The molecule has 0 aromatic heterocycles. The van der Waals surface area contributed by atoms with E-state index in [0.29, 0.717) is 12.8 Å². The predicted molar refractivity (Wildman–Crippen MR) is 467 cm³/mol. The van der Waals surface area contributed by atoms with Gasteiger partial charge in [0, 0.05) is 40.0 Å². The number of amides is 4. The highest BCUT2D eigenvalue weighted by Gasteiger charge is 2.63. The van der Waals surface area contributed by atoms with Crippen LogP contribution in [0.1, 0.15) is 253 Å². The Hall–Kier alpha value is -4.94. The molecule has 6 aliphatic rings. The van der Waals surface area contributed by atoms with Crippen molar-refractivity contribution in [3.63, 3.8) is 0 Å². The van der Waals surface area contributed by atoms with E-state index in [2.05, 4.69) is 47.3 Å². The molecule has 772 valence electrons. The number of carbonyl (C=O) groups excluding carboxylic acids is 4. The van der Waals surface area contributed by atoms with E-state index in [9.17, 15) is 136 Å². The van der Waals surface area contributed by atoms with Gasteiger partial charge in [-0.25, -0.2) is 9.59 Å². The molecule has 6 aliphatic heterocycles. The lowest BCUT2D eigenvalue weighted by atomic mass is 9.88. The average molecular weight is 1920 g/mol. The highest BCUT2D eigenvalue weighted by atomic mass is 16.8. The SMILES string of the molecule is CCCCCCCC/C=C\CCCCCCCCCCCCCC(=O)N[C@@H](CO[C@@H]1OC(CO)[C@@H](O[C@@H]2OC(CO)[C@H](O[C@@H]3OC(CO[C@]4(C(=O)O)CC(O)[C@@H](NC(C)=O)C([C@H](O)[C@H](O)CO)O4)[C@H](O)[C@H](O[C@@H]4OC(CO)[C@H](O)[C@H](O[C@]5(C(=O)O)CC(O)[C@@H](NC(C)=O)C([C@H](O)[C@H](O)CO)O5)C4O)C3NC(C)=O)[C@H](O)C2O)[C@H](O)C1O)[C@H](O)/C=C/CCCCCCCCCCCCC. The lowest BCUT2D eigenvalue weighted by molar-refractivity contribution is -0.391. The number of unbranched alkanes of at least 4 members (excludes halogenated alkanes) is 28. The molecular formula is C90H158N4O39. The Bertz CT molecular complexity index is 3360. The number of hydrogen-bond acceptors (Lipinski definition) is 37. The van der Waals surface area contributed by atoms with E-state index in [1.165, 1.54) is 115 Å². The van der Waals surface area contributed by atoms with Crippen LogP contribution in [0.15, 0.2) is 24.3 Å². The molecule has 6 heterocycles. The molecule has 25 N–H and O–H groups in total. The Morgan fingerprint density at radius 1 is 0.406 bits per heavy atom. The first-order chi connectivity index (χ1) is 63.5. The van der Waals surface area contributed by atoms with E-state index < -0.39 is 302 Å². The van der Waals surface area contributed by atoms with Crippen molar-refractivity contribution in [1.82, 2.24) is 21.3 Å². The summed E-state index contributed by atoms with van der Waals surface area (Å²) in [6, 6.07) is -6.81. The quantitative estimate of drug-likeness (QED) is 0.0237. The third-order valence-corrected chi connectivity index (χ3v) is 25.2. The summed E-state index contributed by atoms with van der Waals surface area (Å²) in [6.45, 7) is -0.595. The summed E-state index contributed by atoms with van der Waals surface area (Å²) in [4.78, 5) is 78.9. The molecule has 34 atom stereocenters. The number of aliphatic carboxylic acids is 2. The van der Waals surface area contributed by atoms with Crippen molar-refractivity contribution in [2.45, 2.75) is 460 Å². The van der Waals surface area contributed by atoms with Gasteiger partial charge in [0.05, 0.1) is 82.7 Å². The lowest BCUT2D eigenvalue weighted by Gasteiger charge is -2.52. The summed E-state index contributed by atoms with van der Waals surface area (Å²) in [7, 11) is 0. The molecular weight excluding hydrogens is 1760 g/mol. The third-order valence-electron chi connectivity index (χ3n) is 25.2. The van der Waals surface area contributed by atoms with Crippen molar-refractivity contribution >= 4 is 35.6 Å². The number of carbonyl (C=O) groups is 6. The molecule has 0 radical (unpaired) electrons. The number of nitrogens with one attached hydrogen (secondary N) is 4. The average Bonchev–Trinajstić information content (AvgIpc) is 1.58. The molecule has 0 bridgehead atoms. The van der Waals surface area contributed by atoms with Gasteiger partial charge in [0.1, 0.15) is 134 Å². The number of aliphatic hydroxyl groups is 19. The number of ether oxygens (including phenoxy) is 12. The van der Waals surface area contributed by atoms with Crippen LogP contribution in [0, 0.1) is 0 Å². The van der Waals surface area contributed by atoms with Crippen LogP contribution in [0.2, 0.25) is 0 Å². The summed E-state index contributed by atoms with van der Waals surface area (Å²) < 4.78 is 71.6. The number of aliphatic hydroxyl groups excluding tert-OH is 19. The molecule has 0 spiro atoms. The molecule has 0 aromatic carbocycles. The van der Waals surface area contributed by atoms with Gasteiger partial charge in [-0.15, -0.1) is 0 Å². The second-order valence-corrected chi connectivity index (χ2v) is 36.0. The van der Waals surface area contributed by atoms with Gasteiger partial charge in [-0.05, 0) is 44.9 Å². The minimum absolute atomic E-state index is 0.125. The second kappa shape index (κ2) is 60.9. The normalized spacial score (nSPS) is 34.1. The molecule has 4 amide bonds. The van der Waals surface area contributed by atoms with E-state index >= 15 is 0 Å². The number of allylic oxidation sites excluding steroid dienone is 3. The largest absolute Gasteiger partial charge is 0.477 e. The second-order valence-electron chi connectivity index (χ2n) is 36.0. The van der Waals surface area contributed by atoms with Crippen LogP contribution in [-0.4, -0.2) is 396 Å². The Balaban J connectivity index is 1.21. The third kappa shape index (κ3) is 36.0. The van der Waals surface area contributed by atoms with Gasteiger partial charge in [-0.3, -0.25) is 19.2 Å². The molecule has 6 fully saturated rings. The summed E-state index contributed by atoms with van der Waals surface area (Å²) in [5.41, 5.74) is 0. The molecule has 12 unspecified atom stereocenters. The molecule has 6 saturated heterocycles. The maximum absolute atomic E-state index is 13.7. The highest BCUT2D eigenvalue weighted by molar-refractivity contribution is 5.78. The van der Waals surface area contributed by atoms with Gasteiger partial charge in [-0.1, -0.05) is 192 Å². The monoisotopic (exact) mass is 1920 g/mol. The van der Waals surface area contributed by atoms with Crippen molar-refractivity contribution in [2.24, 2.45) is 0 Å². The van der Waals surface area contributed by atoms with Crippen molar-refractivity contribution in [1.29, 1.82) is 0 Å². The van der Waals surface area contributed by atoms with Crippen LogP contribution in [-0.2, 0) is 85.6 Å². The van der Waals surface area contributed by atoms with Crippen LogP contribution in [0.4, 0.5) is 0 Å². The van der Waals surface area contributed by atoms with Crippen LogP contribution < -0.4 is 21.3 Å². The highest BCUT2D eigenvalue weighted by Crippen LogP contribution is 2.42. The summed E-state index contributed by atoms with van der Waals surface area (Å²) in [5.74, 6) is -14.1. The van der Waals surface area contributed by atoms with Gasteiger partial charge < -0.3 is 185 Å². The topological polar surface area (TPSA) is 686 Å². The fourth-order valence-electron chi connectivity index (χ4n) is 17.6. The summed E-state index contributed by atoms with van der Waals surface area (Å²) in [6.07, 6.45) is -20.8. The van der Waals surface area contributed by atoms with E-state index in [1.807, 2.05) is 6.08 Å². The van der Waals surface area contributed by atoms with Crippen LogP contribution in [0.5, 0.6) is 0 Å². The van der Waals surface area contributed by atoms with Gasteiger partial charge in [0.25, 0.3) is 11.6 Å². The zero-order valence-corrected chi connectivity index (χ0v) is 77.5. The molecule has 0 aliphatic carbocycles. The van der Waals surface area contributed by atoms with Crippen LogP contribution in [0.25, 0.3) is 0 Å². The van der Waals surface area contributed by atoms with E-state index in [-0.39, 0.29) is 6.42 Å². The first kappa shape index (κ1) is 117. The Labute approximate surface area is 777 Å². The van der Waals surface area contributed by atoms with Crippen molar-refractivity contribution in [3.05, 3.63) is 24.3 Å². The van der Waals surface area contributed by atoms with Gasteiger partial charge >= 0.3 is 11.9 Å². The zero-order chi connectivity index (χ0) is 98.1. The Morgan fingerprint density at radius 2 is 0.774 bits per heavy atom. The maximum Gasteiger partial charge on any atom is 0.364 e. The smallest absolute Gasteiger partial charge is 0.364 e. The van der Waals surface area contributed by atoms with E-state index in [0.717, 1.165) is 97.8 Å². The van der Waals surface area contributed by atoms with Gasteiger partial charge in [0.2, 0.25) is 23.6 Å². The zero-order valence-electron chi connectivity index (χ0n) is 77.5. The Kier molecular flexibility index (Phi) is 53.5. The molecule has 0 saturated carbocycles. The molecule has 43 nitrogen and oxygen atoms in total. The molecule has 6 rings (SSSR count). The first-order valence-electron chi connectivity index (χ1n) is 47.9. The standard InChI is InChI=1S/C90H158N4O39/c1-6-8-10-12-14-16-18-20-21-22-23-24-25-26-27-29-31-33-35-37-39-41-64(108)94-54(55(103)40-38-36-34-32-30-28-19-17-15-13-11-9-7-2)49-122-84-74(115)72(113)78(61(47-98)125-84)129-85-75(116)73(114)77(62(48-99)126-85)128-83-67(93-53(5)102)79(71(112)63(127-83)50-123-89(87(118)119)42-56(104)65(91-51(3)100)80(131-89)68(109)58(106)44-95)130-86-76(117)82(70(111)60(46-97)124-86)133-90(88(120)121)43-57(105)66(92-52(4)101)81(132-90)69(110)59(107)45-96/h20-21,38,40,54-63,65-86,95-99,103-107,109-117H,6-19,22-37,39,41-50H2,1-5H3,(H,91,100)(H,92,101)(H,93,102)(H,94,108)(H,118,119)(H,120,121)/b21-20-,40-38+/t54-,55+,56?,57?,58+,59+,60?,61?,62?,63?,65+,66+,67?,68+,69+,70-,71-,72+,73+,74?,75?,76?,77-,78+,79+,80?,81?,82-,83-,84+,85-,86-,89+,90-/m0/s1. The summed E-state index contributed by atoms with van der Waals surface area (Å²) in [5, 5.41) is 246. The molecule has 0 aromatic rings. The predicted octanol–water partition coefficient (Wildman–Crippen LogP) is -1.75. The number of rotatable bonds is 64. The first-order valence-corrected chi connectivity index (χ1v) is 47.9. The Morgan fingerprint density at radius 3 is 1.22 bits per heavy atom. The minimum atomic E-state index is -3.36. The van der Waals surface area contributed by atoms with Crippen molar-refractivity contribution in [2.75, 3.05) is 46.2 Å². The van der Waals surface area contributed by atoms with E-state index in [1.54, 1.807) is 0 Å². The number of carboxylic acid groups (broad SMARTS) is 2. The molecule has 133 heavy (non-hydrogen) atoms. The number of carboxylic acids is 2. The lowest BCUT2D eigenvalue weighted by Crippen LogP contribution is -2.72. The summed E-state index contributed by atoms with van der Waals surface area (Å²) >= 11 is 0. The number of hydrogen-bond donors (Lipinski definition) is 25. The van der Waals surface area contributed by atoms with Crippen LogP contribution in [0.3, 0.4) is 0 Å². The molecule has 43 heteroatoms. The van der Waals surface area contributed by atoms with E-state index in [4.69, 9.17) is 56.8 Å². The fourth-order valence-corrected chi connectivity index (χ4v) is 17.6. The van der Waals surface area contributed by atoms with Crippen LogP contribution >= 0.6 is 0 Å². The fraction of sp³-hybridized carbons (Fsp3) is 0.889. The van der Waals surface area contributed by atoms with Crippen molar-refractivity contribution in [3.8, 4) is 0 Å². The minimum Gasteiger partial charge on any atom is -0.477 e. The van der Waals surface area contributed by atoms with Crippen molar-refractivity contribution < 1.29 is 193 Å². The maximum atomic E-state index is 13.7. The van der Waals surface area contributed by atoms with Gasteiger partial charge in [-0.2, -0.15) is 0 Å². The van der Waals surface area contributed by atoms with Gasteiger partial charge in [0.15, 0.2) is 25.2 Å².